The molecule has 1 fully saturated rings. The van der Waals surface area contributed by atoms with Crippen molar-refractivity contribution in [2.45, 2.75) is 12.8 Å². The summed E-state index contributed by atoms with van der Waals surface area (Å²) in [6.45, 7) is 0. The second-order valence-electron chi connectivity index (χ2n) is 5.85. The summed E-state index contributed by atoms with van der Waals surface area (Å²) in [5.41, 5.74) is -0.351. The lowest BCUT2D eigenvalue weighted by Crippen LogP contribution is -2.35. The van der Waals surface area contributed by atoms with Crippen molar-refractivity contribution >= 4 is 34.8 Å². The number of anilines is 2. The topological polar surface area (TPSA) is 67.4 Å². The van der Waals surface area contributed by atoms with Gasteiger partial charge < -0.3 is 15.4 Å². The molecule has 0 bridgehead atoms. The lowest BCUT2D eigenvalue weighted by Gasteiger charge is -2.16. The first-order valence-corrected chi connectivity index (χ1v) is 8.04. The minimum Gasteiger partial charge on any atom is -0.495 e. The van der Waals surface area contributed by atoms with Gasteiger partial charge in [-0.3, -0.25) is 9.59 Å². The molecule has 2 amide bonds. The number of carbonyl (C=O) groups is 2. The summed E-state index contributed by atoms with van der Waals surface area (Å²) < 4.78 is 18.3. The van der Waals surface area contributed by atoms with Crippen molar-refractivity contribution in [1.29, 1.82) is 0 Å². The fraction of sp³-hybridized carbons (Fsp3) is 0.222. The number of hydrogen-bond acceptors (Lipinski definition) is 3. The van der Waals surface area contributed by atoms with Gasteiger partial charge in [0.15, 0.2) is 0 Å². The smallest absolute Gasteiger partial charge is 0.240 e. The maximum Gasteiger partial charge on any atom is 0.240 e. The van der Waals surface area contributed by atoms with Gasteiger partial charge in [-0.2, -0.15) is 0 Å². The Balaban J connectivity index is 1.70. The monoisotopic (exact) mass is 362 g/mol. The molecule has 5 nitrogen and oxygen atoms in total. The van der Waals surface area contributed by atoms with Crippen molar-refractivity contribution in [2.24, 2.45) is 5.41 Å². The molecule has 2 N–H and O–H groups in total. The van der Waals surface area contributed by atoms with E-state index in [0.29, 0.717) is 35.0 Å². The van der Waals surface area contributed by atoms with E-state index in [1.165, 1.54) is 25.3 Å². The van der Waals surface area contributed by atoms with Crippen LogP contribution in [0.5, 0.6) is 5.75 Å². The molecule has 0 atom stereocenters. The quantitative estimate of drug-likeness (QED) is 0.794. The predicted octanol–water partition coefficient (Wildman–Crippen LogP) is 3.85. The minimum atomic E-state index is -1.14. The van der Waals surface area contributed by atoms with Crippen LogP contribution in [0.15, 0.2) is 42.5 Å². The molecule has 0 saturated heterocycles. The Morgan fingerprint density at radius 3 is 2.24 bits per heavy atom. The van der Waals surface area contributed by atoms with Crippen LogP contribution in [0.3, 0.4) is 0 Å². The van der Waals surface area contributed by atoms with Crippen LogP contribution in [-0.2, 0) is 9.59 Å². The van der Waals surface area contributed by atoms with Gasteiger partial charge >= 0.3 is 0 Å². The Labute approximate surface area is 149 Å². The van der Waals surface area contributed by atoms with E-state index >= 15 is 0 Å². The maximum absolute atomic E-state index is 13.2. The third-order valence-electron chi connectivity index (χ3n) is 4.11. The van der Waals surface area contributed by atoms with Crippen LogP contribution in [0.2, 0.25) is 5.02 Å². The average molecular weight is 363 g/mol. The molecule has 3 rings (SSSR count). The zero-order valence-corrected chi connectivity index (χ0v) is 14.2. The third-order valence-corrected chi connectivity index (χ3v) is 4.41. The van der Waals surface area contributed by atoms with E-state index in [9.17, 15) is 14.0 Å². The molecular weight excluding hydrogens is 347 g/mol. The Kier molecular flexibility index (Phi) is 4.63. The van der Waals surface area contributed by atoms with Gasteiger partial charge in [0.05, 0.1) is 12.1 Å². The summed E-state index contributed by atoms with van der Waals surface area (Å²) in [6, 6.07) is 10.4. The molecule has 1 aliphatic rings. The van der Waals surface area contributed by atoms with Gasteiger partial charge in [-0.15, -0.1) is 0 Å². The summed E-state index contributed by atoms with van der Waals surface area (Å²) in [4.78, 5) is 25.0. The molecule has 25 heavy (non-hydrogen) atoms. The predicted molar refractivity (Wildman–Crippen MR) is 93.3 cm³/mol. The van der Waals surface area contributed by atoms with Crippen LogP contribution in [0, 0.1) is 11.2 Å². The molecule has 7 heteroatoms. The van der Waals surface area contributed by atoms with Gasteiger partial charge in [-0.25, -0.2) is 4.39 Å². The minimum absolute atomic E-state index is 0.316. The van der Waals surface area contributed by atoms with E-state index in [0.717, 1.165) is 0 Å². The average Bonchev–Trinajstić information content (AvgIpc) is 3.37. The van der Waals surface area contributed by atoms with Gasteiger partial charge in [0.25, 0.3) is 0 Å². The second-order valence-corrected chi connectivity index (χ2v) is 6.26. The molecule has 0 radical (unpaired) electrons. The maximum atomic E-state index is 13.2. The molecule has 0 aliphatic heterocycles. The van der Waals surface area contributed by atoms with E-state index in [1.807, 2.05) is 0 Å². The van der Waals surface area contributed by atoms with Gasteiger partial charge in [-0.05, 0) is 49.2 Å². The number of hydrogen-bond donors (Lipinski definition) is 2. The molecule has 130 valence electrons. The van der Waals surface area contributed by atoms with Crippen molar-refractivity contribution in [2.75, 3.05) is 17.7 Å². The normalized spacial score (nSPS) is 14.5. The zero-order valence-electron chi connectivity index (χ0n) is 13.4. The van der Waals surface area contributed by atoms with Crippen LogP contribution in [0.4, 0.5) is 15.8 Å². The number of methoxy groups -OCH3 is 1. The first-order valence-electron chi connectivity index (χ1n) is 7.67. The highest BCUT2D eigenvalue weighted by Crippen LogP contribution is 2.47. The summed E-state index contributed by atoms with van der Waals surface area (Å²) in [7, 11) is 1.50. The van der Waals surface area contributed by atoms with Gasteiger partial charge in [-0.1, -0.05) is 17.7 Å². The first kappa shape index (κ1) is 17.2. The number of amides is 2. The molecule has 0 unspecified atom stereocenters. The Hall–Kier alpha value is -2.60. The standard InChI is InChI=1S/C18H16ClFN2O3/c1-25-15-6-5-13(10-14(15)19)22-17(24)18(7-8-18)16(23)21-12-4-2-3-11(20)9-12/h2-6,9-10H,7-8H2,1H3,(H,21,23)(H,22,24). The summed E-state index contributed by atoms with van der Waals surface area (Å²) in [5, 5.41) is 5.65. The van der Waals surface area contributed by atoms with Gasteiger partial charge in [0.1, 0.15) is 17.0 Å². The Bertz CT molecular complexity index is 837. The van der Waals surface area contributed by atoms with Crippen LogP contribution < -0.4 is 15.4 Å². The fourth-order valence-corrected chi connectivity index (χ4v) is 2.75. The first-order chi connectivity index (χ1) is 11.9. The Morgan fingerprint density at radius 2 is 1.72 bits per heavy atom. The van der Waals surface area contributed by atoms with Crippen LogP contribution in [-0.4, -0.2) is 18.9 Å². The van der Waals surface area contributed by atoms with Crippen molar-refractivity contribution in [3.63, 3.8) is 0 Å². The van der Waals surface area contributed by atoms with Gasteiger partial charge in [0.2, 0.25) is 11.8 Å². The van der Waals surface area contributed by atoms with E-state index in [-0.39, 0.29) is 0 Å². The number of benzene rings is 2. The number of ether oxygens (including phenoxy) is 1. The molecule has 1 saturated carbocycles. The van der Waals surface area contributed by atoms with Crippen LogP contribution in [0.1, 0.15) is 12.8 Å². The van der Waals surface area contributed by atoms with Crippen molar-refractivity contribution in [1.82, 2.24) is 0 Å². The highest BCUT2D eigenvalue weighted by atomic mass is 35.5. The number of nitrogens with one attached hydrogen (secondary N) is 2. The third kappa shape index (κ3) is 3.58. The second kappa shape index (κ2) is 6.72. The van der Waals surface area contributed by atoms with E-state index in [4.69, 9.17) is 16.3 Å². The summed E-state index contributed by atoms with van der Waals surface area (Å²) in [6.07, 6.45) is 0.869. The molecule has 0 aromatic heterocycles. The van der Waals surface area contributed by atoms with E-state index in [1.54, 1.807) is 24.3 Å². The molecule has 2 aromatic carbocycles. The molecule has 0 spiro atoms. The number of halogens is 2. The highest BCUT2D eigenvalue weighted by molar-refractivity contribution is 6.32. The number of rotatable bonds is 5. The molecule has 0 heterocycles. The molecular formula is C18H16ClFN2O3. The SMILES string of the molecule is COc1ccc(NC(=O)C2(C(=O)Nc3cccc(F)c3)CC2)cc1Cl. The Morgan fingerprint density at radius 1 is 1.08 bits per heavy atom. The summed E-state index contributed by atoms with van der Waals surface area (Å²) in [5.74, 6) is -0.831. The van der Waals surface area contributed by atoms with Crippen molar-refractivity contribution in [3.05, 3.63) is 53.3 Å². The van der Waals surface area contributed by atoms with Crippen molar-refractivity contribution < 1.29 is 18.7 Å². The van der Waals surface area contributed by atoms with E-state index in [2.05, 4.69) is 10.6 Å². The van der Waals surface area contributed by atoms with Gasteiger partial charge in [0, 0.05) is 11.4 Å². The molecule has 1 aliphatic carbocycles. The molecule has 2 aromatic rings. The van der Waals surface area contributed by atoms with E-state index < -0.39 is 23.0 Å². The lowest BCUT2D eigenvalue weighted by atomic mass is 10.0. The zero-order chi connectivity index (χ0) is 18.0. The summed E-state index contributed by atoms with van der Waals surface area (Å²) >= 11 is 6.04. The number of carbonyl (C=O) groups excluding carboxylic acids is 2. The van der Waals surface area contributed by atoms with Crippen molar-refractivity contribution in [3.8, 4) is 5.75 Å². The lowest BCUT2D eigenvalue weighted by molar-refractivity contribution is -0.131. The van der Waals surface area contributed by atoms with Crippen LogP contribution >= 0.6 is 11.6 Å². The fourth-order valence-electron chi connectivity index (χ4n) is 2.49. The van der Waals surface area contributed by atoms with Crippen LogP contribution in [0.25, 0.3) is 0 Å². The largest absolute Gasteiger partial charge is 0.495 e. The highest BCUT2D eigenvalue weighted by Gasteiger charge is 2.56.